The number of hydrogen-bond donors (Lipinski definition) is 1. The number of para-hydroxylation sites is 1. The standard InChI is InChI=1S/C15H14F2O2/c1-10(18)14-4-2-3-5-15(14)19-9-11-6-12(16)8-13(17)7-11/h2-8,10,18H,9H2,1H3. The minimum absolute atomic E-state index is 0.0401. The van der Waals surface area contributed by atoms with E-state index in [4.69, 9.17) is 4.74 Å². The molecule has 0 aromatic heterocycles. The highest BCUT2D eigenvalue weighted by molar-refractivity contribution is 5.35. The van der Waals surface area contributed by atoms with Gasteiger partial charge in [0.2, 0.25) is 0 Å². The van der Waals surface area contributed by atoms with Crippen LogP contribution < -0.4 is 4.74 Å². The second-order valence-corrected chi connectivity index (χ2v) is 4.28. The Hall–Kier alpha value is -1.94. The molecule has 0 aliphatic heterocycles. The summed E-state index contributed by atoms with van der Waals surface area (Å²) in [5, 5.41) is 9.59. The van der Waals surface area contributed by atoms with Crippen LogP contribution in [0.25, 0.3) is 0 Å². The van der Waals surface area contributed by atoms with Crippen LogP contribution in [0.1, 0.15) is 24.2 Å². The fourth-order valence-electron chi connectivity index (χ4n) is 1.81. The van der Waals surface area contributed by atoms with Gasteiger partial charge in [0.15, 0.2) is 0 Å². The Balaban J connectivity index is 2.14. The maximum Gasteiger partial charge on any atom is 0.126 e. The predicted octanol–water partition coefficient (Wildman–Crippen LogP) is 3.60. The zero-order valence-corrected chi connectivity index (χ0v) is 10.4. The van der Waals surface area contributed by atoms with Crippen LogP contribution in [0.4, 0.5) is 8.78 Å². The Kier molecular flexibility index (Phi) is 4.12. The highest BCUT2D eigenvalue weighted by Crippen LogP contribution is 2.25. The van der Waals surface area contributed by atoms with Crippen molar-refractivity contribution in [1.29, 1.82) is 0 Å². The average molecular weight is 264 g/mol. The molecule has 0 amide bonds. The van der Waals surface area contributed by atoms with Crippen molar-refractivity contribution in [3.63, 3.8) is 0 Å². The van der Waals surface area contributed by atoms with Gasteiger partial charge in [-0.1, -0.05) is 18.2 Å². The molecule has 0 saturated heterocycles. The molecule has 0 spiro atoms. The molecule has 0 aliphatic rings. The third kappa shape index (κ3) is 3.51. The molecule has 1 atom stereocenters. The lowest BCUT2D eigenvalue weighted by Crippen LogP contribution is -2.01. The summed E-state index contributed by atoms with van der Waals surface area (Å²) >= 11 is 0. The first-order valence-electron chi connectivity index (χ1n) is 5.91. The zero-order chi connectivity index (χ0) is 13.8. The van der Waals surface area contributed by atoms with E-state index >= 15 is 0 Å². The van der Waals surface area contributed by atoms with E-state index in [0.717, 1.165) is 6.07 Å². The quantitative estimate of drug-likeness (QED) is 0.914. The molecule has 100 valence electrons. The third-order valence-corrected chi connectivity index (χ3v) is 2.69. The number of aliphatic hydroxyl groups excluding tert-OH is 1. The van der Waals surface area contributed by atoms with Gasteiger partial charge in [0, 0.05) is 11.6 Å². The summed E-state index contributed by atoms with van der Waals surface area (Å²) in [6.45, 7) is 1.67. The Bertz CT molecular complexity index is 548. The van der Waals surface area contributed by atoms with Gasteiger partial charge in [0.25, 0.3) is 0 Å². The van der Waals surface area contributed by atoms with Crippen LogP contribution in [0.3, 0.4) is 0 Å². The first-order valence-corrected chi connectivity index (χ1v) is 5.91. The Labute approximate surface area is 110 Å². The lowest BCUT2D eigenvalue weighted by molar-refractivity contribution is 0.190. The molecule has 0 aliphatic carbocycles. The van der Waals surface area contributed by atoms with Crippen molar-refractivity contribution < 1.29 is 18.6 Å². The van der Waals surface area contributed by atoms with Gasteiger partial charge in [0.1, 0.15) is 24.0 Å². The number of ether oxygens (including phenoxy) is 1. The summed E-state index contributed by atoms with van der Waals surface area (Å²) in [7, 11) is 0. The molecule has 4 heteroatoms. The Morgan fingerprint density at radius 1 is 1.11 bits per heavy atom. The minimum Gasteiger partial charge on any atom is -0.489 e. The molecule has 2 rings (SSSR count). The molecule has 0 bridgehead atoms. The van der Waals surface area contributed by atoms with Gasteiger partial charge in [-0.05, 0) is 30.7 Å². The first kappa shape index (κ1) is 13.5. The number of aliphatic hydroxyl groups is 1. The van der Waals surface area contributed by atoms with Gasteiger partial charge >= 0.3 is 0 Å². The molecule has 19 heavy (non-hydrogen) atoms. The van der Waals surface area contributed by atoms with E-state index in [9.17, 15) is 13.9 Å². The molecule has 0 radical (unpaired) electrons. The summed E-state index contributed by atoms with van der Waals surface area (Å²) in [6, 6.07) is 10.3. The fraction of sp³-hybridized carbons (Fsp3) is 0.200. The minimum atomic E-state index is -0.666. The van der Waals surface area contributed by atoms with Crippen LogP contribution in [-0.2, 0) is 6.61 Å². The van der Waals surface area contributed by atoms with Crippen molar-refractivity contribution in [3.05, 3.63) is 65.2 Å². The fourth-order valence-corrected chi connectivity index (χ4v) is 1.81. The highest BCUT2D eigenvalue weighted by atomic mass is 19.1. The second kappa shape index (κ2) is 5.80. The molecular formula is C15H14F2O2. The predicted molar refractivity (Wildman–Crippen MR) is 67.8 cm³/mol. The van der Waals surface area contributed by atoms with Crippen molar-refractivity contribution in [1.82, 2.24) is 0 Å². The second-order valence-electron chi connectivity index (χ2n) is 4.28. The van der Waals surface area contributed by atoms with Crippen LogP contribution in [0.15, 0.2) is 42.5 Å². The number of halogens is 2. The summed E-state index contributed by atoms with van der Waals surface area (Å²) < 4.78 is 31.6. The average Bonchev–Trinajstić information content (AvgIpc) is 2.35. The molecular weight excluding hydrogens is 250 g/mol. The summed E-state index contributed by atoms with van der Waals surface area (Å²) in [5.41, 5.74) is 1.04. The first-order chi connectivity index (χ1) is 9.06. The Morgan fingerprint density at radius 3 is 2.37 bits per heavy atom. The van der Waals surface area contributed by atoms with E-state index in [1.807, 2.05) is 0 Å². The molecule has 1 N–H and O–H groups in total. The van der Waals surface area contributed by atoms with Crippen molar-refractivity contribution in [2.24, 2.45) is 0 Å². The Morgan fingerprint density at radius 2 is 1.74 bits per heavy atom. The summed E-state index contributed by atoms with van der Waals surface area (Å²) in [4.78, 5) is 0. The molecule has 0 saturated carbocycles. The van der Waals surface area contributed by atoms with Crippen LogP contribution in [-0.4, -0.2) is 5.11 Å². The monoisotopic (exact) mass is 264 g/mol. The molecule has 2 nitrogen and oxygen atoms in total. The molecule has 2 aromatic rings. The molecule has 0 heterocycles. The van der Waals surface area contributed by atoms with Crippen LogP contribution in [0.5, 0.6) is 5.75 Å². The maximum atomic E-state index is 13.0. The van der Waals surface area contributed by atoms with Gasteiger partial charge in [-0.25, -0.2) is 8.78 Å². The van der Waals surface area contributed by atoms with Gasteiger partial charge in [0.05, 0.1) is 6.10 Å². The lowest BCUT2D eigenvalue weighted by atomic mass is 10.1. The van der Waals surface area contributed by atoms with Gasteiger partial charge in [-0.3, -0.25) is 0 Å². The molecule has 0 fully saturated rings. The summed E-state index contributed by atoms with van der Waals surface area (Å²) in [5.74, 6) is -0.771. The van der Waals surface area contributed by atoms with Crippen molar-refractivity contribution >= 4 is 0 Å². The third-order valence-electron chi connectivity index (χ3n) is 2.69. The highest BCUT2D eigenvalue weighted by Gasteiger charge is 2.09. The largest absolute Gasteiger partial charge is 0.489 e. The summed E-state index contributed by atoms with van der Waals surface area (Å²) in [6.07, 6.45) is -0.666. The zero-order valence-electron chi connectivity index (χ0n) is 10.4. The maximum absolute atomic E-state index is 13.0. The van der Waals surface area contributed by atoms with Crippen LogP contribution >= 0.6 is 0 Å². The normalized spacial score (nSPS) is 12.2. The van der Waals surface area contributed by atoms with E-state index in [2.05, 4.69) is 0 Å². The number of hydrogen-bond acceptors (Lipinski definition) is 2. The van der Waals surface area contributed by atoms with E-state index < -0.39 is 17.7 Å². The van der Waals surface area contributed by atoms with Crippen molar-refractivity contribution in [2.45, 2.75) is 19.6 Å². The lowest BCUT2D eigenvalue weighted by Gasteiger charge is -2.13. The molecule has 1 unspecified atom stereocenters. The van der Waals surface area contributed by atoms with E-state index in [1.165, 1.54) is 12.1 Å². The van der Waals surface area contributed by atoms with Gasteiger partial charge in [-0.15, -0.1) is 0 Å². The van der Waals surface area contributed by atoms with Crippen LogP contribution in [0.2, 0.25) is 0 Å². The van der Waals surface area contributed by atoms with E-state index in [1.54, 1.807) is 31.2 Å². The van der Waals surface area contributed by atoms with E-state index in [0.29, 0.717) is 16.9 Å². The topological polar surface area (TPSA) is 29.5 Å². The number of benzene rings is 2. The van der Waals surface area contributed by atoms with Gasteiger partial charge in [-0.2, -0.15) is 0 Å². The van der Waals surface area contributed by atoms with Crippen molar-refractivity contribution in [3.8, 4) is 5.75 Å². The van der Waals surface area contributed by atoms with Gasteiger partial charge < -0.3 is 9.84 Å². The van der Waals surface area contributed by atoms with E-state index in [-0.39, 0.29) is 6.61 Å². The molecule has 2 aromatic carbocycles. The van der Waals surface area contributed by atoms with Crippen LogP contribution in [0, 0.1) is 11.6 Å². The number of rotatable bonds is 4. The smallest absolute Gasteiger partial charge is 0.126 e. The SMILES string of the molecule is CC(O)c1ccccc1OCc1cc(F)cc(F)c1. The van der Waals surface area contributed by atoms with Crippen molar-refractivity contribution in [2.75, 3.05) is 0 Å².